The normalized spacial score (nSPS) is 10.8. The lowest BCUT2D eigenvalue weighted by molar-refractivity contribution is -0.142. The molecular weight excluding hydrogens is 270 g/mol. The highest BCUT2D eigenvalue weighted by molar-refractivity contribution is 5.72. The number of aliphatic carboxylic acids is 2. The maximum atomic E-state index is 10.7. The molecule has 0 aliphatic rings. The fourth-order valence-electron chi connectivity index (χ4n) is 1.56. The van der Waals surface area contributed by atoms with Gasteiger partial charge in [-0.3, -0.25) is 14.5 Å². The summed E-state index contributed by atoms with van der Waals surface area (Å²) in [5.74, 6) is -1.64. The van der Waals surface area contributed by atoms with Crippen molar-refractivity contribution in [3.8, 4) is 11.7 Å². The van der Waals surface area contributed by atoms with Crippen LogP contribution in [0.3, 0.4) is 0 Å². The molecule has 9 heteroatoms. The molecule has 0 saturated carbocycles. The second-order valence-corrected chi connectivity index (χ2v) is 3.91. The molecule has 0 aliphatic carbocycles. The highest BCUT2D eigenvalue weighted by Crippen LogP contribution is 2.18. The van der Waals surface area contributed by atoms with Gasteiger partial charge in [-0.1, -0.05) is 0 Å². The van der Waals surface area contributed by atoms with E-state index in [0.717, 1.165) is 4.90 Å². The van der Waals surface area contributed by atoms with Gasteiger partial charge in [0.2, 0.25) is 5.89 Å². The van der Waals surface area contributed by atoms with E-state index < -0.39 is 25.0 Å². The fourth-order valence-corrected chi connectivity index (χ4v) is 1.56. The lowest BCUT2D eigenvalue weighted by atomic mass is 10.4. The molecule has 0 radical (unpaired) electrons. The van der Waals surface area contributed by atoms with Gasteiger partial charge in [0.15, 0.2) is 5.76 Å². The van der Waals surface area contributed by atoms with Gasteiger partial charge in [0.1, 0.15) is 0 Å². The smallest absolute Gasteiger partial charge is 0.317 e. The summed E-state index contributed by atoms with van der Waals surface area (Å²) >= 11 is 0. The second-order valence-electron chi connectivity index (χ2n) is 3.91. The summed E-state index contributed by atoms with van der Waals surface area (Å²) in [5.41, 5.74) is 0. The van der Waals surface area contributed by atoms with E-state index in [4.69, 9.17) is 19.0 Å². The van der Waals surface area contributed by atoms with Gasteiger partial charge >= 0.3 is 11.9 Å². The zero-order valence-electron chi connectivity index (χ0n) is 10.2. The third-order valence-electron chi connectivity index (χ3n) is 2.28. The maximum Gasteiger partial charge on any atom is 0.317 e. The average molecular weight is 281 g/mol. The van der Waals surface area contributed by atoms with E-state index in [1.165, 1.54) is 6.26 Å². The average Bonchev–Trinajstić information content (AvgIpc) is 2.95. The fraction of sp³-hybridized carbons (Fsp3) is 0.273. The number of furan rings is 1. The molecule has 0 spiro atoms. The number of carbonyl (C=O) groups is 2. The van der Waals surface area contributed by atoms with Crippen LogP contribution >= 0.6 is 0 Å². The van der Waals surface area contributed by atoms with E-state index in [9.17, 15) is 9.59 Å². The van der Waals surface area contributed by atoms with E-state index >= 15 is 0 Å². The summed E-state index contributed by atoms with van der Waals surface area (Å²) in [6, 6.07) is 3.28. The van der Waals surface area contributed by atoms with Gasteiger partial charge in [0.25, 0.3) is 5.89 Å². The highest BCUT2D eigenvalue weighted by Gasteiger charge is 2.18. The number of carboxylic acid groups (broad SMARTS) is 2. The molecule has 0 bridgehead atoms. The Labute approximate surface area is 112 Å². The van der Waals surface area contributed by atoms with Crippen molar-refractivity contribution in [3.05, 3.63) is 24.3 Å². The second kappa shape index (κ2) is 5.97. The maximum absolute atomic E-state index is 10.7. The zero-order valence-corrected chi connectivity index (χ0v) is 10.2. The summed E-state index contributed by atoms with van der Waals surface area (Å²) in [4.78, 5) is 22.5. The molecule has 9 nitrogen and oxygen atoms in total. The minimum absolute atomic E-state index is 0.0771. The number of hydrogen-bond donors (Lipinski definition) is 2. The Balaban J connectivity index is 2.06. The van der Waals surface area contributed by atoms with E-state index in [0.29, 0.717) is 5.76 Å². The van der Waals surface area contributed by atoms with Crippen LogP contribution in [0.25, 0.3) is 11.7 Å². The molecule has 0 aliphatic heterocycles. The Morgan fingerprint density at radius 2 is 1.90 bits per heavy atom. The molecule has 0 aromatic carbocycles. The van der Waals surface area contributed by atoms with E-state index in [2.05, 4.69) is 10.2 Å². The third-order valence-corrected chi connectivity index (χ3v) is 2.28. The van der Waals surface area contributed by atoms with Gasteiger partial charge in [-0.05, 0) is 12.1 Å². The molecule has 0 atom stereocenters. The van der Waals surface area contributed by atoms with Crippen LogP contribution in [-0.4, -0.2) is 50.3 Å². The summed E-state index contributed by atoms with van der Waals surface area (Å²) in [5, 5.41) is 24.9. The summed E-state index contributed by atoms with van der Waals surface area (Å²) in [7, 11) is 0. The molecular formula is C11H11N3O6. The Hall–Kier alpha value is -2.68. The molecule has 2 N–H and O–H groups in total. The molecule has 0 amide bonds. The number of hydrogen-bond acceptors (Lipinski definition) is 7. The minimum atomic E-state index is -1.14. The molecule has 20 heavy (non-hydrogen) atoms. The Bertz CT molecular complexity index is 575. The molecule has 2 aromatic rings. The molecule has 106 valence electrons. The number of nitrogens with zero attached hydrogens (tertiary/aromatic N) is 3. The zero-order chi connectivity index (χ0) is 14.5. The van der Waals surface area contributed by atoms with Gasteiger partial charge in [-0.25, -0.2) is 0 Å². The Morgan fingerprint density at radius 1 is 1.20 bits per heavy atom. The first-order valence-electron chi connectivity index (χ1n) is 5.57. The molecule has 0 saturated heterocycles. The van der Waals surface area contributed by atoms with Crippen molar-refractivity contribution in [2.24, 2.45) is 0 Å². The van der Waals surface area contributed by atoms with E-state index in [-0.39, 0.29) is 18.3 Å². The van der Waals surface area contributed by atoms with Gasteiger partial charge in [0, 0.05) is 0 Å². The molecule has 2 heterocycles. The predicted molar refractivity (Wildman–Crippen MR) is 62.5 cm³/mol. The van der Waals surface area contributed by atoms with Crippen LogP contribution in [0.5, 0.6) is 0 Å². The highest BCUT2D eigenvalue weighted by atomic mass is 16.4. The molecule has 0 unspecified atom stereocenters. The van der Waals surface area contributed by atoms with Gasteiger partial charge in [0.05, 0.1) is 25.9 Å². The molecule has 2 aromatic heterocycles. The van der Waals surface area contributed by atoms with Crippen LogP contribution in [0, 0.1) is 0 Å². The van der Waals surface area contributed by atoms with Crippen molar-refractivity contribution in [2.75, 3.05) is 13.1 Å². The van der Waals surface area contributed by atoms with Gasteiger partial charge < -0.3 is 19.0 Å². The van der Waals surface area contributed by atoms with Gasteiger partial charge in [-0.2, -0.15) is 0 Å². The van der Waals surface area contributed by atoms with E-state index in [1.54, 1.807) is 12.1 Å². The standard InChI is InChI=1S/C11H11N3O6/c15-9(16)5-14(6-10(17)18)4-8-12-13-11(20-8)7-2-1-3-19-7/h1-3H,4-6H2,(H,15,16)(H,17,18). The Morgan fingerprint density at radius 3 is 2.45 bits per heavy atom. The van der Waals surface area contributed by atoms with E-state index in [1.807, 2.05) is 0 Å². The minimum Gasteiger partial charge on any atom is -0.480 e. The number of aromatic nitrogens is 2. The summed E-state index contributed by atoms with van der Waals surface area (Å²) in [6.45, 7) is -0.957. The van der Waals surface area contributed by atoms with Gasteiger partial charge in [-0.15, -0.1) is 10.2 Å². The largest absolute Gasteiger partial charge is 0.480 e. The SMILES string of the molecule is O=C(O)CN(CC(=O)O)Cc1nnc(-c2ccco2)o1. The monoisotopic (exact) mass is 281 g/mol. The first-order valence-corrected chi connectivity index (χ1v) is 5.57. The lowest BCUT2D eigenvalue weighted by Gasteiger charge is -2.14. The van der Waals surface area contributed by atoms with Crippen LogP contribution in [0.4, 0.5) is 0 Å². The third kappa shape index (κ3) is 3.65. The molecule has 2 rings (SSSR count). The van der Waals surface area contributed by atoms with Crippen molar-refractivity contribution < 1.29 is 28.6 Å². The number of carboxylic acids is 2. The first kappa shape index (κ1) is 13.7. The van der Waals surface area contributed by atoms with Crippen molar-refractivity contribution in [1.29, 1.82) is 0 Å². The van der Waals surface area contributed by atoms with Crippen LogP contribution in [0.1, 0.15) is 5.89 Å². The summed E-state index contributed by atoms with van der Waals surface area (Å²) in [6.07, 6.45) is 1.44. The van der Waals surface area contributed by atoms with Crippen LogP contribution < -0.4 is 0 Å². The number of rotatable bonds is 7. The van der Waals surface area contributed by atoms with Crippen molar-refractivity contribution in [1.82, 2.24) is 15.1 Å². The summed E-state index contributed by atoms with van der Waals surface area (Å²) < 4.78 is 10.3. The predicted octanol–water partition coefficient (Wildman–Crippen LogP) is 0.301. The van der Waals surface area contributed by atoms with Crippen molar-refractivity contribution in [3.63, 3.8) is 0 Å². The van der Waals surface area contributed by atoms with Crippen LogP contribution in [-0.2, 0) is 16.1 Å². The lowest BCUT2D eigenvalue weighted by Crippen LogP contribution is -2.34. The topological polar surface area (TPSA) is 130 Å². The van der Waals surface area contributed by atoms with Crippen LogP contribution in [0.2, 0.25) is 0 Å². The quantitative estimate of drug-likeness (QED) is 0.735. The Kier molecular flexibility index (Phi) is 4.11. The first-order chi connectivity index (χ1) is 9.54. The van der Waals surface area contributed by atoms with Crippen LogP contribution in [0.15, 0.2) is 27.2 Å². The van der Waals surface area contributed by atoms with Crippen molar-refractivity contribution >= 4 is 11.9 Å². The van der Waals surface area contributed by atoms with Crippen molar-refractivity contribution in [2.45, 2.75) is 6.54 Å². The molecule has 0 fully saturated rings.